The van der Waals surface area contributed by atoms with E-state index in [9.17, 15) is 4.79 Å². The third-order valence-corrected chi connectivity index (χ3v) is 3.01. The van der Waals surface area contributed by atoms with E-state index in [1.54, 1.807) is 12.3 Å². The van der Waals surface area contributed by atoms with E-state index in [4.69, 9.17) is 0 Å². The average molecular weight is 244 g/mol. The molecule has 1 aromatic heterocycles. The van der Waals surface area contributed by atoms with Crippen molar-refractivity contribution < 1.29 is 4.79 Å². The highest BCUT2D eigenvalue weighted by molar-refractivity contribution is 7.98. The van der Waals surface area contributed by atoms with Crippen LogP contribution < -0.4 is 0 Å². The molecule has 0 spiro atoms. The van der Waals surface area contributed by atoms with Crippen molar-refractivity contribution in [1.82, 2.24) is 9.97 Å². The lowest BCUT2D eigenvalue weighted by molar-refractivity contribution is -0.108. The molecule has 1 aromatic carbocycles. The van der Waals surface area contributed by atoms with E-state index in [2.05, 4.69) is 9.97 Å². The van der Waals surface area contributed by atoms with Gasteiger partial charge in [0.1, 0.15) is 6.29 Å². The van der Waals surface area contributed by atoms with Gasteiger partial charge in [-0.2, -0.15) is 0 Å². The topological polar surface area (TPSA) is 42.9 Å². The highest BCUT2D eigenvalue weighted by Gasteiger charge is 2.14. The van der Waals surface area contributed by atoms with E-state index in [-0.39, 0.29) is 5.92 Å². The molecular formula is C13H12N2OS. The number of benzene rings is 1. The highest BCUT2D eigenvalue weighted by atomic mass is 32.2. The fraction of sp³-hybridized carbons (Fsp3) is 0.154. The van der Waals surface area contributed by atoms with E-state index in [1.165, 1.54) is 11.8 Å². The number of aromatic nitrogens is 2. The van der Waals surface area contributed by atoms with Gasteiger partial charge in [0.2, 0.25) is 0 Å². The summed E-state index contributed by atoms with van der Waals surface area (Å²) in [6.45, 7) is 0. The van der Waals surface area contributed by atoms with Gasteiger partial charge >= 0.3 is 0 Å². The zero-order valence-corrected chi connectivity index (χ0v) is 10.2. The summed E-state index contributed by atoms with van der Waals surface area (Å²) in [7, 11) is 0. The number of thioether (sulfide) groups is 1. The summed E-state index contributed by atoms with van der Waals surface area (Å²) < 4.78 is 0. The van der Waals surface area contributed by atoms with Crippen molar-refractivity contribution >= 4 is 18.0 Å². The van der Waals surface area contributed by atoms with Crippen LogP contribution in [0.4, 0.5) is 0 Å². The van der Waals surface area contributed by atoms with Crippen LogP contribution in [-0.2, 0) is 4.79 Å². The number of aldehydes is 1. The van der Waals surface area contributed by atoms with Crippen LogP contribution in [0.1, 0.15) is 17.2 Å². The van der Waals surface area contributed by atoms with Crippen molar-refractivity contribution in [3.05, 3.63) is 53.9 Å². The smallest absolute Gasteiger partial charge is 0.187 e. The fourth-order valence-corrected chi connectivity index (χ4v) is 1.97. The lowest BCUT2D eigenvalue weighted by Crippen LogP contribution is -2.05. The Morgan fingerprint density at radius 2 is 2.00 bits per heavy atom. The Morgan fingerprint density at radius 1 is 1.24 bits per heavy atom. The first-order valence-corrected chi connectivity index (χ1v) is 6.45. The quantitative estimate of drug-likeness (QED) is 0.471. The van der Waals surface area contributed by atoms with Gasteiger partial charge in [-0.05, 0) is 17.9 Å². The van der Waals surface area contributed by atoms with E-state index in [0.29, 0.717) is 5.16 Å². The van der Waals surface area contributed by atoms with Crippen LogP contribution >= 0.6 is 11.8 Å². The van der Waals surface area contributed by atoms with Crippen molar-refractivity contribution in [3.8, 4) is 0 Å². The molecule has 1 unspecified atom stereocenters. The van der Waals surface area contributed by atoms with Crippen molar-refractivity contribution in [3.63, 3.8) is 0 Å². The molecule has 0 saturated heterocycles. The molecule has 1 atom stereocenters. The molecular weight excluding hydrogens is 232 g/mol. The molecule has 0 N–H and O–H groups in total. The second kappa shape index (κ2) is 5.59. The van der Waals surface area contributed by atoms with Gasteiger partial charge in [-0.1, -0.05) is 42.1 Å². The molecule has 2 aromatic rings. The van der Waals surface area contributed by atoms with Gasteiger partial charge in [0.25, 0.3) is 0 Å². The summed E-state index contributed by atoms with van der Waals surface area (Å²) in [5, 5.41) is 0.685. The van der Waals surface area contributed by atoms with Crippen LogP contribution in [0.5, 0.6) is 0 Å². The fourth-order valence-electron chi connectivity index (χ4n) is 1.60. The number of nitrogens with zero attached hydrogens (tertiary/aromatic N) is 2. The Hall–Kier alpha value is -1.68. The molecule has 4 heteroatoms. The second-order valence-electron chi connectivity index (χ2n) is 3.49. The van der Waals surface area contributed by atoms with Crippen LogP contribution in [0.25, 0.3) is 0 Å². The first-order valence-electron chi connectivity index (χ1n) is 5.22. The van der Waals surface area contributed by atoms with Crippen LogP contribution in [0.2, 0.25) is 0 Å². The monoisotopic (exact) mass is 244 g/mol. The molecule has 2 rings (SSSR count). The summed E-state index contributed by atoms with van der Waals surface area (Å²) in [5.41, 5.74) is 1.69. The zero-order valence-electron chi connectivity index (χ0n) is 9.41. The molecule has 0 aliphatic heterocycles. The summed E-state index contributed by atoms with van der Waals surface area (Å²) >= 11 is 1.47. The van der Waals surface area contributed by atoms with Gasteiger partial charge in [0, 0.05) is 6.20 Å². The summed E-state index contributed by atoms with van der Waals surface area (Å²) in [6, 6.07) is 11.4. The molecule has 0 fully saturated rings. The second-order valence-corrected chi connectivity index (χ2v) is 4.27. The average Bonchev–Trinajstić information content (AvgIpc) is 2.41. The minimum Gasteiger partial charge on any atom is -0.302 e. The van der Waals surface area contributed by atoms with Crippen molar-refractivity contribution in [2.75, 3.05) is 6.26 Å². The zero-order chi connectivity index (χ0) is 12.1. The maximum absolute atomic E-state index is 11.2. The van der Waals surface area contributed by atoms with Crippen molar-refractivity contribution in [2.24, 2.45) is 0 Å². The van der Waals surface area contributed by atoms with E-state index >= 15 is 0 Å². The minimum absolute atomic E-state index is 0.315. The molecule has 1 heterocycles. The van der Waals surface area contributed by atoms with Gasteiger partial charge < -0.3 is 4.79 Å². The number of rotatable bonds is 4. The van der Waals surface area contributed by atoms with E-state index < -0.39 is 0 Å². The SMILES string of the molecule is CSc1nccc(C(C=O)c2ccccc2)n1. The lowest BCUT2D eigenvalue weighted by atomic mass is 9.97. The lowest BCUT2D eigenvalue weighted by Gasteiger charge is -2.10. The first kappa shape index (κ1) is 11.8. The summed E-state index contributed by atoms with van der Waals surface area (Å²) in [5.74, 6) is -0.315. The molecule has 86 valence electrons. The van der Waals surface area contributed by atoms with E-state index in [1.807, 2.05) is 36.6 Å². The molecule has 0 radical (unpaired) electrons. The van der Waals surface area contributed by atoms with Crippen LogP contribution in [0.15, 0.2) is 47.8 Å². The Labute approximate surface area is 104 Å². The maximum Gasteiger partial charge on any atom is 0.187 e. The largest absolute Gasteiger partial charge is 0.302 e. The Balaban J connectivity index is 2.38. The molecule has 17 heavy (non-hydrogen) atoms. The number of carbonyl (C=O) groups excluding carboxylic acids is 1. The maximum atomic E-state index is 11.2. The third kappa shape index (κ3) is 2.71. The third-order valence-electron chi connectivity index (χ3n) is 2.45. The summed E-state index contributed by atoms with van der Waals surface area (Å²) in [4.78, 5) is 19.7. The normalized spacial score (nSPS) is 12.1. The number of hydrogen-bond donors (Lipinski definition) is 0. The molecule has 3 nitrogen and oxygen atoms in total. The number of carbonyl (C=O) groups is 1. The Kier molecular flexibility index (Phi) is 3.88. The molecule has 0 amide bonds. The molecule has 0 aliphatic carbocycles. The Morgan fingerprint density at radius 3 is 2.65 bits per heavy atom. The predicted octanol–water partition coefficient (Wildman–Crippen LogP) is 2.53. The van der Waals surface area contributed by atoms with Crippen LogP contribution in [0.3, 0.4) is 0 Å². The Bertz CT molecular complexity index is 502. The van der Waals surface area contributed by atoms with Gasteiger partial charge in [0.05, 0.1) is 11.6 Å². The predicted molar refractivity (Wildman–Crippen MR) is 68.2 cm³/mol. The summed E-state index contributed by atoms with van der Waals surface area (Å²) in [6.07, 6.45) is 4.52. The van der Waals surface area contributed by atoms with Gasteiger partial charge in [-0.15, -0.1) is 0 Å². The minimum atomic E-state index is -0.315. The van der Waals surface area contributed by atoms with E-state index in [0.717, 1.165) is 17.5 Å². The molecule has 0 bridgehead atoms. The van der Waals surface area contributed by atoms with Crippen molar-refractivity contribution in [1.29, 1.82) is 0 Å². The number of hydrogen-bond acceptors (Lipinski definition) is 4. The van der Waals surface area contributed by atoms with Crippen molar-refractivity contribution in [2.45, 2.75) is 11.1 Å². The first-order chi connectivity index (χ1) is 8.35. The van der Waals surface area contributed by atoms with Gasteiger partial charge in [-0.3, -0.25) is 0 Å². The van der Waals surface area contributed by atoms with Crippen LogP contribution in [-0.4, -0.2) is 22.5 Å². The van der Waals surface area contributed by atoms with Gasteiger partial charge in [0.15, 0.2) is 5.16 Å². The standard InChI is InChI=1S/C13H12N2OS/c1-17-13-14-8-7-12(15-13)11(9-16)10-5-3-2-4-6-10/h2-9,11H,1H3. The highest BCUT2D eigenvalue weighted by Crippen LogP contribution is 2.21. The van der Waals surface area contributed by atoms with Gasteiger partial charge in [-0.25, -0.2) is 9.97 Å². The molecule has 0 saturated carbocycles. The molecule has 0 aliphatic rings. The van der Waals surface area contributed by atoms with Crippen LogP contribution in [0, 0.1) is 0 Å².